The second kappa shape index (κ2) is 12.5. The van der Waals surface area contributed by atoms with Gasteiger partial charge in [-0.2, -0.15) is 0 Å². The van der Waals surface area contributed by atoms with Gasteiger partial charge in [-0.25, -0.2) is 0 Å². The Morgan fingerprint density at radius 3 is 2.93 bits per heavy atom. The molecule has 3 aliphatic heterocycles. The molecule has 1 aromatic heterocycles. The van der Waals surface area contributed by atoms with Gasteiger partial charge in [0.25, 0.3) is 0 Å². The lowest BCUT2D eigenvalue weighted by Gasteiger charge is -2.35. The molecule has 9 heteroatoms. The van der Waals surface area contributed by atoms with Gasteiger partial charge >= 0.3 is 0 Å². The molecule has 4 rings (SSSR count). The van der Waals surface area contributed by atoms with E-state index in [2.05, 4.69) is 44.9 Å². The maximum absolute atomic E-state index is 6.09. The number of fused-ring (bicyclic) bond motifs is 1. The number of hydrogen-bond donors (Lipinski definition) is 2. The van der Waals surface area contributed by atoms with Crippen molar-refractivity contribution >= 4 is 41.3 Å². The van der Waals surface area contributed by atoms with Crippen LogP contribution in [0.25, 0.3) is 0 Å². The second-order valence-electron chi connectivity index (χ2n) is 8.03. The van der Waals surface area contributed by atoms with E-state index in [9.17, 15) is 0 Å². The van der Waals surface area contributed by atoms with Crippen molar-refractivity contribution < 1.29 is 9.47 Å². The molecule has 0 aromatic carbocycles. The molecule has 0 saturated carbocycles. The van der Waals surface area contributed by atoms with Gasteiger partial charge in [0.05, 0.1) is 38.5 Å². The van der Waals surface area contributed by atoms with Gasteiger partial charge in [-0.3, -0.25) is 14.8 Å². The van der Waals surface area contributed by atoms with Crippen LogP contribution in [-0.2, 0) is 9.47 Å². The van der Waals surface area contributed by atoms with Crippen LogP contribution >= 0.6 is 35.3 Å². The smallest absolute Gasteiger partial charge is 0.191 e. The van der Waals surface area contributed by atoms with E-state index in [4.69, 9.17) is 14.5 Å². The van der Waals surface area contributed by atoms with E-state index in [1.54, 1.807) is 0 Å². The first kappa shape index (κ1) is 24.2. The Balaban J connectivity index is 0.00000256. The average molecular weight is 550 g/mol. The number of halogens is 1. The highest BCUT2D eigenvalue weighted by molar-refractivity contribution is 14.0. The van der Waals surface area contributed by atoms with Crippen LogP contribution in [0.15, 0.2) is 22.5 Å². The fraction of sp³-hybridized carbons (Fsp3) is 0.762. The minimum absolute atomic E-state index is 0. The molecule has 0 amide bonds. The fourth-order valence-corrected chi connectivity index (χ4v) is 5.35. The molecule has 1 aromatic rings. The number of nitrogens with zero attached hydrogens (tertiary/aromatic N) is 3. The Morgan fingerprint density at radius 1 is 1.30 bits per heavy atom. The number of thiophene rings is 1. The summed E-state index contributed by atoms with van der Waals surface area (Å²) in [7, 11) is 0. The topological polar surface area (TPSA) is 61.4 Å². The third-order valence-electron chi connectivity index (χ3n) is 6.08. The van der Waals surface area contributed by atoms with Gasteiger partial charge in [-0.05, 0) is 37.8 Å². The van der Waals surface area contributed by atoms with Crippen molar-refractivity contribution in [2.45, 2.75) is 38.0 Å². The monoisotopic (exact) mass is 549 g/mol. The third-order valence-corrected chi connectivity index (χ3v) is 7.06. The second-order valence-corrected chi connectivity index (χ2v) is 9.01. The Kier molecular flexibility index (Phi) is 10.1. The van der Waals surface area contributed by atoms with Gasteiger partial charge in [0.1, 0.15) is 0 Å². The van der Waals surface area contributed by atoms with E-state index >= 15 is 0 Å². The van der Waals surface area contributed by atoms with E-state index in [0.29, 0.717) is 12.1 Å². The number of guanidine groups is 1. The standard InChI is InChI=1S/C21H35N5O2S.HI/c1-2-22-21(23-13-18-15-26-7-3-5-17(26)16-28-18)24-14-19(20-6-4-12-29-20)25-8-10-27-11-9-25;/h4,6,12,17-19H,2-3,5,7-11,13-16H2,1H3,(H2,22,23,24);1H. The van der Waals surface area contributed by atoms with Crippen LogP contribution in [-0.4, -0.2) is 93.5 Å². The van der Waals surface area contributed by atoms with Crippen molar-refractivity contribution in [2.75, 3.05) is 65.6 Å². The molecule has 2 N–H and O–H groups in total. The predicted molar refractivity (Wildman–Crippen MR) is 133 cm³/mol. The average Bonchev–Trinajstić information content (AvgIpc) is 3.44. The molecule has 3 unspecified atom stereocenters. The fourth-order valence-electron chi connectivity index (χ4n) is 4.49. The van der Waals surface area contributed by atoms with E-state index in [1.807, 2.05) is 11.3 Å². The summed E-state index contributed by atoms with van der Waals surface area (Å²) in [6, 6.07) is 5.31. The number of aliphatic imine (C=N–C) groups is 1. The maximum Gasteiger partial charge on any atom is 0.191 e. The SMILES string of the molecule is CCNC(=NCC(c1cccs1)N1CCOCC1)NCC1CN2CCCC2CO1.I. The highest BCUT2D eigenvalue weighted by Gasteiger charge is 2.32. The summed E-state index contributed by atoms with van der Waals surface area (Å²) >= 11 is 1.82. The Labute approximate surface area is 201 Å². The van der Waals surface area contributed by atoms with Crippen molar-refractivity contribution in [1.29, 1.82) is 0 Å². The molecule has 170 valence electrons. The van der Waals surface area contributed by atoms with Gasteiger partial charge in [-0.1, -0.05) is 6.07 Å². The van der Waals surface area contributed by atoms with Gasteiger partial charge in [0.2, 0.25) is 0 Å². The lowest BCUT2D eigenvalue weighted by Crippen LogP contribution is -2.51. The van der Waals surface area contributed by atoms with E-state index in [0.717, 1.165) is 65.0 Å². The zero-order chi connectivity index (χ0) is 19.9. The lowest BCUT2D eigenvalue weighted by atomic mass is 10.2. The quantitative estimate of drug-likeness (QED) is 0.309. The van der Waals surface area contributed by atoms with Crippen LogP contribution in [0.1, 0.15) is 30.7 Å². The van der Waals surface area contributed by atoms with Crippen molar-refractivity contribution in [2.24, 2.45) is 4.99 Å². The zero-order valence-electron chi connectivity index (χ0n) is 17.9. The molecular weight excluding hydrogens is 513 g/mol. The predicted octanol–water partition coefficient (Wildman–Crippen LogP) is 2.16. The van der Waals surface area contributed by atoms with Crippen LogP contribution in [0.4, 0.5) is 0 Å². The molecule has 4 heterocycles. The van der Waals surface area contributed by atoms with E-state index in [-0.39, 0.29) is 30.1 Å². The number of hydrogen-bond acceptors (Lipinski definition) is 6. The molecule has 3 fully saturated rings. The van der Waals surface area contributed by atoms with Gasteiger partial charge in [0.15, 0.2) is 5.96 Å². The molecule has 30 heavy (non-hydrogen) atoms. The van der Waals surface area contributed by atoms with Crippen LogP contribution in [0, 0.1) is 0 Å². The van der Waals surface area contributed by atoms with Crippen molar-refractivity contribution in [3.8, 4) is 0 Å². The van der Waals surface area contributed by atoms with Crippen LogP contribution < -0.4 is 10.6 Å². The van der Waals surface area contributed by atoms with Crippen LogP contribution in [0.2, 0.25) is 0 Å². The first-order chi connectivity index (χ1) is 14.3. The summed E-state index contributed by atoms with van der Waals surface area (Å²) in [6.45, 7) is 11.2. The first-order valence-corrected chi connectivity index (χ1v) is 11.9. The first-order valence-electron chi connectivity index (χ1n) is 11.1. The molecule has 0 aliphatic carbocycles. The Morgan fingerprint density at radius 2 is 2.17 bits per heavy atom. The highest BCUT2D eigenvalue weighted by Crippen LogP contribution is 2.26. The number of nitrogens with one attached hydrogen (secondary N) is 2. The Hall–Kier alpha value is -0.460. The zero-order valence-corrected chi connectivity index (χ0v) is 21.1. The summed E-state index contributed by atoms with van der Waals surface area (Å²) in [4.78, 5) is 11.4. The molecular formula is C21H36IN5O2S. The summed E-state index contributed by atoms with van der Waals surface area (Å²) in [6.07, 6.45) is 2.83. The van der Waals surface area contributed by atoms with Crippen molar-refractivity contribution in [3.63, 3.8) is 0 Å². The summed E-state index contributed by atoms with van der Waals surface area (Å²) < 4.78 is 11.6. The summed E-state index contributed by atoms with van der Waals surface area (Å²) in [5, 5.41) is 9.08. The molecule has 3 aliphatic rings. The van der Waals surface area contributed by atoms with Gasteiger partial charge < -0.3 is 20.1 Å². The van der Waals surface area contributed by atoms with Crippen LogP contribution in [0.3, 0.4) is 0 Å². The maximum atomic E-state index is 6.09. The Bertz CT molecular complexity index is 641. The highest BCUT2D eigenvalue weighted by atomic mass is 127. The third kappa shape index (κ3) is 6.52. The minimum Gasteiger partial charge on any atom is -0.379 e. The van der Waals surface area contributed by atoms with Crippen LogP contribution in [0.5, 0.6) is 0 Å². The van der Waals surface area contributed by atoms with E-state index in [1.165, 1.54) is 24.3 Å². The molecule has 3 saturated heterocycles. The minimum atomic E-state index is 0. The molecule has 7 nitrogen and oxygen atoms in total. The molecule has 0 bridgehead atoms. The molecule has 0 spiro atoms. The molecule has 0 radical (unpaired) electrons. The summed E-state index contributed by atoms with van der Waals surface area (Å²) in [5.74, 6) is 0.884. The number of rotatable bonds is 7. The van der Waals surface area contributed by atoms with Crippen molar-refractivity contribution in [3.05, 3.63) is 22.4 Å². The largest absolute Gasteiger partial charge is 0.379 e. The number of ether oxygens (including phenoxy) is 2. The number of morpholine rings is 2. The van der Waals surface area contributed by atoms with E-state index < -0.39 is 0 Å². The summed E-state index contributed by atoms with van der Waals surface area (Å²) in [5.41, 5.74) is 0. The van der Waals surface area contributed by atoms with Gasteiger partial charge in [0, 0.05) is 43.6 Å². The van der Waals surface area contributed by atoms with Gasteiger partial charge in [-0.15, -0.1) is 35.3 Å². The lowest BCUT2D eigenvalue weighted by molar-refractivity contribution is -0.0453. The molecule has 3 atom stereocenters. The van der Waals surface area contributed by atoms with Crippen molar-refractivity contribution in [1.82, 2.24) is 20.4 Å². The normalized spacial score (nSPS) is 26.6.